The van der Waals surface area contributed by atoms with E-state index in [0.717, 1.165) is 37.6 Å². The quantitative estimate of drug-likeness (QED) is 0.780. The second-order valence-electron chi connectivity index (χ2n) is 7.11. The molecule has 1 aromatic rings. The fourth-order valence-corrected chi connectivity index (χ4v) is 3.79. The van der Waals surface area contributed by atoms with Crippen LogP contribution >= 0.6 is 0 Å². The third kappa shape index (κ3) is 4.37. The minimum Gasteiger partial charge on any atom is -0.407 e. The van der Waals surface area contributed by atoms with E-state index in [1.165, 1.54) is 31.2 Å². The SMILES string of the molecule is CCC1COB(c2ccc(C3CCC(COC)CC3)cc2)OC1. The molecule has 0 spiro atoms. The summed E-state index contributed by atoms with van der Waals surface area (Å²) in [6, 6.07) is 8.92. The van der Waals surface area contributed by atoms with E-state index in [-0.39, 0.29) is 7.12 Å². The summed E-state index contributed by atoms with van der Waals surface area (Å²) < 4.78 is 17.0. The van der Waals surface area contributed by atoms with E-state index in [1.54, 1.807) is 0 Å². The van der Waals surface area contributed by atoms with Gasteiger partial charge in [-0.15, -0.1) is 0 Å². The lowest BCUT2D eigenvalue weighted by Crippen LogP contribution is -2.44. The van der Waals surface area contributed by atoms with Crippen LogP contribution in [-0.4, -0.2) is 34.0 Å². The molecule has 0 unspecified atom stereocenters. The molecule has 1 aliphatic heterocycles. The van der Waals surface area contributed by atoms with Gasteiger partial charge < -0.3 is 14.0 Å². The van der Waals surface area contributed by atoms with E-state index in [4.69, 9.17) is 14.0 Å². The van der Waals surface area contributed by atoms with Crippen LogP contribution in [0.25, 0.3) is 0 Å². The first-order valence-corrected chi connectivity index (χ1v) is 9.12. The normalized spacial score (nSPS) is 26.4. The number of rotatable bonds is 5. The van der Waals surface area contributed by atoms with Gasteiger partial charge in [0.2, 0.25) is 0 Å². The van der Waals surface area contributed by atoms with Gasteiger partial charge in [0.15, 0.2) is 0 Å². The minimum absolute atomic E-state index is 0.177. The van der Waals surface area contributed by atoms with Crippen LogP contribution in [0.3, 0.4) is 0 Å². The highest BCUT2D eigenvalue weighted by Gasteiger charge is 2.29. The van der Waals surface area contributed by atoms with Crippen LogP contribution in [0.2, 0.25) is 0 Å². The third-order valence-electron chi connectivity index (χ3n) is 5.47. The lowest BCUT2D eigenvalue weighted by molar-refractivity contribution is 0.0850. The Bertz CT molecular complexity index is 460. The minimum atomic E-state index is -0.177. The lowest BCUT2D eigenvalue weighted by Gasteiger charge is -2.29. The molecule has 0 atom stereocenters. The summed E-state index contributed by atoms with van der Waals surface area (Å²) in [4.78, 5) is 0. The molecule has 0 amide bonds. The van der Waals surface area contributed by atoms with Crippen LogP contribution in [0.1, 0.15) is 50.5 Å². The number of hydrogen-bond donors (Lipinski definition) is 0. The van der Waals surface area contributed by atoms with Crippen molar-refractivity contribution in [1.29, 1.82) is 0 Å². The van der Waals surface area contributed by atoms with Crippen molar-refractivity contribution in [3.8, 4) is 0 Å². The zero-order valence-corrected chi connectivity index (χ0v) is 14.5. The van der Waals surface area contributed by atoms with Crippen LogP contribution < -0.4 is 5.46 Å². The van der Waals surface area contributed by atoms with E-state index < -0.39 is 0 Å². The van der Waals surface area contributed by atoms with Gasteiger partial charge >= 0.3 is 7.12 Å². The molecule has 0 N–H and O–H groups in total. The Morgan fingerprint density at radius 3 is 2.22 bits per heavy atom. The standard InChI is InChI=1S/C19H29BO3/c1-3-15-13-22-20(23-14-15)19-10-8-18(9-11-19)17-6-4-16(5-7-17)12-21-2/h8-11,15-17H,3-7,12-14H2,1-2H3. The van der Waals surface area contributed by atoms with Gasteiger partial charge in [-0.05, 0) is 55.0 Å². The zero-order valence-electron chi connectivity index (χ0n) is 14.5. The van der Waals surface area contributed by atoms with Crippen LogP contribution in [-0.2, 0) is 14.0 Å². The van der Waals surface area contributed by atoms with Gasteiger partial charge in [0.1, 0.15) is 0 Å². The summed E-state index contributed by atoms with van der Waals surface area (Å²) in [6.07, 6.45) is 6.25. The van der Waals surface area contributed by atoms with Gasteiger partial charge in [-0.1, -0.05) is 31.2 Å². The average molecular weight is 316 g/mol. The van der Waals surface area contributed by atoms with Gasteiger partial charge in [0, 0.05) is 32.8 Å². The Morgan fingerprint density at radius 2 is 1.65 bits per heavy atom. The largest absolute Gasteiger partial charge is 0.493 e. The van der Waals surface area contributed by atoms with Crippen molar-refractivity contribution in [2.45, 2.75) is 44.9 Å². The second-order valence-corrected chi connectivity index (χ2v) is 7.11. The number of methoxy groups -OCH3 is 1. The molecule has 3 rings (SSSR count). The van der Waals surface area contributed by atoms with Gasteiger partial charge in [0.25, 0.3) is 0 Å². The van der Waals surface area contributed by atoms with Crippen LogP contribution in [0.15, 0.2) is 24.3 Å². The van der Waals surface area contributed by atoms with Crippen LogP contribution in [0, 0.1) is 11.8 Å². The first kappa shape index (κ1) is 17.0. The third-order valence-corrected chi connectivity index (χ3v) is 5.47. The van der Waals surface area contributed by atoms with Gasteiger partial charge in [0.05, 0.1) is 0 Å². The molecule has 3 nitrogen and oxygen atoms in total. The molecule has 0 radical (unpaired) electrons. The number of benzene rings is 1. The molecule has 1 heterocycles. The second kappa shape index (κ2) is 8.32. The van der Waals surface area contributed by atoms with E-state index in [9.17, 15) is 0 Å². The first-order valence-electron chi connectivity index (χ1n) is 9.12. The molecule has 126 valence electrons. The maximum Gasteiger partial charge on any atom is 0.493 e. The van der Waals surface area contributed by atoms with Crippen molar-refractivity contribution < 1.29 is 14.0 Å². The molecule has 1 aliphatic carbocycles. The Labute approximate surface area is 140 Å². The van der Waals surface area contributed by atoms with Crippen molar-refractivity contribution in [1.82, 2.24) is 0 Å². The summed E-state index contributed by atoms with van der Waals surface area (Å²) in [7, 11) is 1.63. The van der Waals surface area contributed by atoms with E-state index in [0.29, 0.717) is 11.8 Å². The topological polar surface area (TPSA) is 27.7 Å². The predicted molar refractivity (Wildman–Crippen MR) is 94.1 cm³/mol. The highest BCUT2D eigenvalue weighted by atomic mass is 16.6. The maximum absolute atomic E-state index is 5.86. The van der Waals surface area contributed by atoms with Gasteiger partial charge in [-0.2, -0.15) is 0 Å². The van der Waals surface area contributed by atoms with Crippen molar-refractivity contribution in [3.05, 3.63) is 29.8 Å². The maximum atomic E-state index is 5.86. The van der Waals surface area contributed by atoms with Gasteiger partial charge in [-0.25, -0.2) is 0 Å². The predicted octanol–water partition coefficient (Wildman–Crippen LogP) is 3.38. The molecule has 1 saturated heterocycles. The fraction of sp³-hybridized carbons (Fsp3) is 0.684. The summed E-state index contributed by atoms with van der Waals surface area (Å²) in [5, 5.41) is 0. The highest BCUT2D eigenvalue weighted by Crippen LogP contribution is 2.35. The zero-order chi connectivity index (χ0) is 16.1. The molecule has 2 aliphatic rings. The lowest BCUT2D eigenvalue weighted by atomic mass is 9.75. The van der Waals surface area contributed by atoms with Crippen molar-refractivity contribution in [2.24, 2.45) is 11.8 Å². The Balaban J connectivity index is 1.53. The molecule has 0 aromatic heterocycles. The Hall–Kier alpha value is -0.835. The molecule has 1 aromatic carbocycles. The van der Waals surface area contributed by atoms with E-state index >= 15 is 0 Å². The smallest absolute Gasteiger partial charge is 0.407 e. The molecular weight excluding hydrogens is 287 g/mol. The van der Waals surface area contributed by atoms with Gasteiger partial charge in [-0.3, -0.25) is 0 Å². The summed E-state index contributed by atoms with van der Waals surface area (Å²) in [5.74, 6) is 2.01. The summed E-state index contributed by atoms with van der Waals surface area (Å²) >= 11 is 0. The average Bonchev–Trinajstić information content (AvgIpc) is 2.63. The van der Waals surface area contributed by atoms with Crippen molar-refractivity contribution >= 4 is 12.6 Å². The Morgan fingerprint density at radius 1 is 1.00 bits per heavy atom. The Kier molecular flexibility index (Phi) is 6.15. The van der Waals surface area contributed by atoms with Crippen molar-refractivity contribution in [2.75, 3.05) is 26.9 Å². The molecule has 0 bridgehead atoms. The molecule has 4 heteroatoms. The van der Waals surface area contributed by atoms with E-state index in [1.807, 2.05) is 7.11 Å². The summed E-state index contributed by atoms with van der Waals surface area (Å²) in [5.41, 5.74) is 2.61. The monoisotopic (exact) mass is 316 g/mol. The fourth-order valence-electron chi connectivity index (χ4n) is 3.79. The molecule has 2 fully saturated rings. The highest BCUT2D eigenvalue weighted by molar-refractivity contribution is 6.61. The molecule has 1 saturated carbocycles. The van der Waals surface area contributed by atoms with Crippen molar-refractivity contribution in [3.63, 3.8) is 0 Å². The van der Waals surface area contributed by atoms with Crippen LogP contribution in [0.5, 0.6) is 0 Å². The molecule has 23 heavy (non-hydrogen) atoms. The first-order chi connectivity index (χ1) is 11.3. The summed E-state index contributed by atoms with van der Waals surface area (Å²) in [6.45, 7) is 4.73. The molecular formula is C19H29BO3. The number of hydrogen-bond acceptors (Lipinski definition) is 3. The van der Waals surface area contributed by atoms with E-state index in [2.05, 4.69) is 31.2 Å². The number of ether oxygens (including phenoxy) is 1. The van der Waals surface area contributed by atoms with Crippen LogP contribution in [0.4, 0.5) is 0 Å².